The second kappa shape index (κ2) is 4.61. The molecule has 0 aliphatic carbocycles. The van der Waals surface area contributed by atoms with Crippen LogP contribution < -0.4 is 0 Å². The van der Waals surface area contributed by atoms with E-state index < -0.39 is 0 Å². The highest BCUT2D eigenvalue weighted by atomic mass is 16.5. The number of hydrogen-bond acceptors (Lipinski definition) is 4. The summed E-state index contributed by atoms with van der Waals surface area (Å²) >= 11 is 0. The Morgan fingerprint density at radius 1 is 1.69 bits per heavy atom. The van der Waals surface area contributed by atoms with Crippen molar-refractivity contribution in [3.8, 4) is 0 Å². The van der Waals surface area contributed by atoms with E-state index in [-0.39, 0.29) is 12.7 Å². The molecule has 5 nitrogen and oxygen atoms in total. The maximum atomic E-state index is 11.3. The first-order chi connectivity index (χ1) is 6.29. The van der Waals surface area contributed by atoms with Crippen molar-refractivity contribution < 1.29 is 14.3 Å². The Labute approximate surface area is 76.3 Å². The Bertz CT molecular complexity index is 283. The van der Waals surface area contributed by atoms with E-state index in [0.717, 1.165) is 0 Å². The zero-order valence-electron chi connectivity index (χ0n) is 7.69. The number of carbonyl (C=O) groups excluding carboxylic acids is 1. The minimum atomic E-state index is -0.378. The predicted octanol–water partition coefficient (Wildman–Crippen LogP) is 0.664. The minimum absolute atomic E-state index is 0.251. The van der Waals surface area contributed by atoms with Gasteiger partial charge in [0, 0.05) is 13.3 Å². The summed E-state index contributed by atoms with van der Waals surface area (Å²) in [6, 6.07) is 1.59. The average molecular weight is 184 g/mol. The number of hydrogen-bond donors (Lipinski definition) is 0. The molecule has 0 saturated carbocycles. The zero-order chi connectivity index (χ0) is 9.68. The maximum Gasteiger partial charge on any atom is 0.356 e. The van der Waals surface area contributed by atoms with Crippen LogP contribution in [0.15, 0.2) is 12.3 Å². The zero-order valence-corrected chi connectivity index (χ0v) is 7.69. The number of methoxy groups -OCH3 is 1. The van der Waals surface area contributed by atoms with Crippen LogP contribution >= 0.6 is 0 Å². The van der Waals surface area contributed by atoms with Gasteiger partial charge in [-0.1, -0.05) is 0 Å². The van der Waals surface area contributed by atoms with Crippen LogP contribution in [0.1, 0.15) is 17.4 Å². The lowest BCUT2D eigenvalue weighted by molar-refractivity contribution is 0.0486. The number of esters is 1. The Balaban J connectivity index is 2.74. The van der Waals surface area contributed by atoms with Crippen LogP contribution in [0.3, 0.4) is 0 Å². The van der Waals surface area contributed by atoms with Gasteiger partial charge in [0.15, 0.2) is 0 Å². The Morgan fingerprint density at radius 3 is 3.08 bits per heavy atom. The molecular formula is C8H12N2O3. The fourth-order valence-corrected chi connectivity index (χ4v) is 0.936. The van der Waals surface area contributed by atoms with E-state index in [1.165, 1.54) is 18.0 Å². The maximum absolute atomic E-state index is 11.3. The quantitative estimate of drug-likeness (QED) is 0.645. The van der Waals surface area contributed by atoms with Gasteiger partial charge in [-0.2, -0.15) is 5.10 Å². The third kappa shape index (κ3) is 2.29. The molecule has 5 heteroatoms. The third-order valence-electron chi connectivity index (χ3n) is 1.45. The van der Waals surface area contributed by atoms with Crippen molar-refractivity contribution in [2.45, 2.75) is 13.7 Å². The monoisotopic (exact) mass is 184 g/mol. The topological polar surface area (TPSA) is 53.3 Å². The fourth-order valence-electron chi connectivity index (χ4n) is 0.936. The first kappa shape index (κ1) is 9.73. The first-order valence-electron chi connectivity index (χ1n) is 3.97. The van der Waals surface area contributed by atoms with Crippen molar-refractivity contribution in [3.63, 3.8) is 0 Å². The molecule has 0 amide bonds. The molecule has 1 aromatic rings. The van der Waals surface area contributed by atoms with Crippen molar-refractivity contribution in [1.82, 2.24) is 9.78 Å². The number of nitrogens with zero attached hydrogens (tertiary/aromatic N) is 2. The number of ether oxygens (including phenoxy) is 2. The van der Waals surface area contributed by atoms with Crippen molar-refractivity contribution in [1.29, 1.82) is 0 Å². The number of aromatic nitrogens is 2. The molecule has 0 spiro atoms. The molecule has 0 saturated heterocycles. The molecule has 1 rings (SSSR count). The lowest BCUT2D eigenvalue weighted by Crippen LogP contribution is -2.14. The lowest BCUT2D eigenvalue weighted by atomic mass is 10.4. The molecule has 72 valence electrons. The normalized spacial score (nSPS) is 10.0. The molecule has 0 bridgehead atoms. The molecule has 0 unspecified atom stereocenters. The summed E-state index contributed by atoms with van der Waals surface area (Å²) in [7, 11) is 1.54. The summed E-state index contributed by atoms with van der Waals surface area (Å²) in [5.41, 5.74) is 0.406. The first-order valence-corrected chi connectivity index (χ1v) is 3.97. The van der Waals surface area contributed by atoms with Gasteiger partial charge in [-0.15, -0.1) is 0 Å². The molecule has 0 aliphatic heterocycles. The summed E-state index contributed by atoms with van der Waals surface area (Å²) in [6.07, 6.45) is 1.53. The molecule has 0 atom stereocenters. The Hall–Kier alpha value is -1.36. The molecule has 1 aromatic heterocycles. The summed E-state index contributed by atoms with van der Waals surface area (Å²) in [5.74, 6) is -0.378. The van der Waals surface area contributed by atoms with Gasteiger partial charge in [0.2, 0.25) is 0 Å². The summed E-state index contributed by atoms with van der Waals surface area (Å²) in [4.78, 5) is 11.3. The molecule has 0 radical (unpaired) electrons. The van der Waals surface area contributed by atoms with Gasteiger partial charge in [0.25, 0.3) is 0 Å². The van der Waals surface area contributed by atoms with Crippen molar-refractivity contribution >= 4 is 5.97 Å². The van der Waals surface area contributed by atoms with Crippen LogP contribution in [0.25, 0.3) is 0 Å². The second-order valence-corrected chi connectivity index (χ2v) is 2.35. The van der Waals surface area contributed by atoms with Crippen LogP contribution in [0.4, 0.5) is 0 Å². The van der Waals surface area contributed by atoms with Crippen molar-refractivity contribution in [2.24, 2.45) is 0 Å². The highest BCUT2D eigenvalue weighted by Gasteiger charge is 2.11. The van der Waals surface area contributed by atoms with Crippen molar-refractivity contribution in [3.05, 3.63) is 18.0 Å². The van der Waals surface area contributed by atoms with Crippen LogP contribution in [0.2, 0.25) is 0 Å². The van der Waals surface area contributed by atoms with E-state index in [9.17, 15) is 4.79 Å². The van der Waals surface area contributed by atoms with Crippen LogP contribution in [0, 0.1) is 0 Å². The number of rotatable bonds is 4. The van der Waals surface area contributed by atoms with E-state index in [4.69, 9.17) is 9.47 Å². The van der Waals surface area contributed by atoms with Crippen LogP contribution in [-0.4, -0.2) is 29.5 Å². The summed E-state index contributed by atoms with van der Waals surface area (Å²) in [6.45, 7) is 2.37. The summed E-state index contributed by atoms with van der Waals surface area (Å²) < 4.78 is 11.1. The molecule has 0 aliphatic rings. The van der Waals surface area contributed by atoms with E-state index >= 15 is 0 Å². The minimum Gasteiger partial charge on any atom is -0.461 e. The van der Waals surface area contributed by atoms with Gasteiger partial charge < -0.3 is 9.47 Å². The molecule has 0 N–H and O–H groups in total. The third-order valence-corrected chi connectivity index (χ3v) is 1.45. The molecule has 0 aromatic carbocycles. The lowest BCUT2D eigenvalue weighted by Gasteiger charge is -2.04. The van der Waals surface area contributed by atoms with E-state index in [2.05, 4.69) is 5.10 Å². The van der Waals surface area contributed by atoms with Gasteiger partial charge >= 0.3 is 5.97 Å². The van der Waals surface area contributed by atoms with E-state index in [1.54, 1.807) is 13.0 Å². The largest absolute Gasteiger partial charge is 0.461 e. The van der Waals surface area contributed by atoms with Gasteiger partial charge in [0.05, 0.1) is 6.61 Å². The van der Waals surface area contributed by atoms with Crippen LogP contribution in [0.5, 0.6) is 0 Å². The fraction of sp³-hybridized carbons (Fsp3) is 0.500. The number of carbonyl (C=O) groups is 1. The standard InChI is InChI=1S/C8H12N2O3/c1-3-13-8(11)7-4-5-9-10(7)6-12-2/h4-5H,3,6H2,1-2H3. The van der Waals surface area contributed by atoms with Gasteiger partial charge in [-0.25, -0.2) is 9.48 Å². The summed E-state index contributed by atoms with van der Waals surface area (Å²) in [5, 5.41) is 3.90. The average Bonchev–Trinajstić information content (AvgIpc) is 2.54. The molecule has 1 heterocycles. The Kier molecular flexibility index (Phi) is 3.45. The highest BCUT2D eigenvalue weighted by molar-refractivity contribution is 5.87. The van der Waals surface area contributed by atoms with Gasteiger partial charge in [-0.05, 0) is 13.0 Å². The smallest absolute Gasteiger partial charge is 0.356 e. The SMILES string of the molecule is CCOC(=O)c1ccnn1COC. The predicted molar refractivity (Wildman–Crippen MR) is 45.2 cm³/mol. The van der Waals surface area contributed by atoms with Crippen molar-refractivity contribution in [2.75, 3.05) is 13.7 Å². The second-order valence-electron chi connectivity index (χ2n) is 2.35. The van der Waals surface area contributed by atoms with Crippen LogP contribution in [-0.2, 0) is 16.2 Å². The highest BCUT2D eigenvalue weighted by Crippen LogP contribution is 2.01. The van der Waals surface area contributed by atoms with E-state index in [0.29, 0.717) is 12.3 Å². The molecule has 13 heavy (non-hydrogen) atoms. The van der Waals surface area contributed by atoms with Gasteiger partial charge in [-0.3, -0.25) is 0 Å². The molecular weight excluding hydrogens is 172 g/mol. The van der Waals surface area contributed by atoms with Gasteiger partial charge in [0.1, 0.15) is 12.4 Å². The molecule has 0 fully saturated rings. The Morgan fingerprint density at radius 2 is 2.46 bits per heavy atom. The van der Waals surface area contributed by atoms with E-state index in [1.807, 2.05) is 0 Å².